The third kappa shape index (κ3) is 2.22. The number of nitrogens with one attached hydrogen (secondary N) is 2. The van der Waals surface area contributed by atoms with Gasteiger partial charge in [-0.25, -0.2) is 9.97 Å². The second-order valence-corrected chi connectivity index (χ2v) is 6.84. The van der Waals surface area contributed by atoms with E-state index in [-0.39, 0.29) is 11.4 Å². The number of carbonyl (C=O) groups excluding carboxylic acids is 1. The van der Waals surface area contributed by atoms with Crippen molar-refractivity contribution >= 4 is 11.7 Å². The summed E-state index contributed by atoms with van der Waals surface area (Å²) in [4.78, 5) is 24.7. The number of aromatic amines is 1. The highest BCUT2D eigenvalue weighted by Crippen LogP contribution is 2.38. The third-order valence-electron chi connectivity index (χ3n) is 4.49. The molecule has 6 heteroatoms. The summed E-state index contributed by atoms with van der Waals surface area (Å²) in [5, 5.41) is 2.86. The first-order valence-electron chi connectivity index (χ1n) is 7.94. The van der Waals surface area contributed by atoms with Crippen LogP contribution >= 0.6 is 0 Å². The van der Waals surface area contributed by atoms with Crippen molar-refractivity contribution in [2.75, 3.05) is 5.32 Å². The topological polar surface area (TPSA) is 75.6 Å². The number of H-pyrrole nitrogens is 1. The molecular formula is C18H19N5O. The quantitative estimate of drug-likeness (QED) is 0.761. The normalized spacial score (nSPS) is 14.8. The SMILES string of the molecule is Cc1ccc(NC(=O)c2c[nH]c3c2-c2nccn2C(C)(C)C3)nc1. The van der Waals surface area contributed by atoms with Crippen LogP contribution in [-0.2, 0) is 12.0 Å². The molecular weight excluding hydrogens is 302 g/mol. The number of aromatic nitrogens is 4. The number of carbonyl (C=O) groups is 1. The molecule has 4 heterocycles. The second kappa shape index (κ2) is 5.06. The minimum atomic E-state index is -0.182. The van der Waals surface area contributed by atoms with E-state index in [1.54, 1.807) is 24.7 Å². The first kappa shape index (κ1) is 14.7. The highest BCUT2D eigenvalue weighted by molar-refractivity contribution is 6.08. The van der Waals surface area contributed by atoms with Gasteiger partial charge in [0.05, 0.1) is 11.1 Å². The molecule has 0 aromatic carbocycles. The fraction of sp³-hybridized carbons (Fsp3) is 0.278. The molecule has 0 aliphatic carbocycles. The molecule has 0 saturated heterocycles. The molecule has 0 bridgehead atoms. The minimum absolute atomic E-state index is 0.0735. The Labute approximate surface area is 140 Å². The number of nitrogens with zero attached hydrogens (tertiary/aromatic N) is 3. The maximum Gasteiger partial charge on any atom is 0.259 e. The lowest BCUT2D eigenvalue weighted by Crippen LogP contribution is -2.33. The summed E-state index contributed by atoms with van der Waals surface area (Å²) in [6.07, 6.45) is 8.06. The van der Waals surface area contributed by atoms with Crippen molar-refractivity contribution in [3.8, 4) is 11.4 Å². The molecule has 2 N–H and O–H groups in total. The molecule has 0 saturated carbocycles. The lowest BCUT2D eigenvalue weighted by atomic mass is 9.90. The molecule has 0 atom stereocenters. The molecule has 6 nitrogen and oxygen atoms in total. The van der Waals surface area contributed by atoms with Gasteiger partial charge in [-0.3, -0.25) is 4.79 Å². The lowest BCUT2D eigenvalue weighted by Gasteiger charge is -2.32. The van der Waals surface area contributed by atoms with Crippen molar-refractivity contribution in [2.45, 2.75) is 32.7 Å². The summed E-state index contributed by atoms with van der Waals surface area (Å²) >= 11 is 0. The number of hydrogen-bond donors (Lipinski definition) is 2. The van der Waals surface area contributed by atoms with Crippen molar-refractivity contribution in [1.29, 1.82) is 0 Å². The van der Waals surface area contributed by atoms with Crippen molar-refractivity contribution in [3.63, 3.8) is 0 Å². The van der Waals surface area contributed by atoms with Gasteiger partial charge in [-0.1, -0.05) is 6.07 Å². The minimum Gasteiger partial charge on any atom is -0.364 e. The average molecular weight is 321 g/mol. The molecule has 1 aliphatic heterocycles. The van der Waals surface area contributed by atoms with Crippen LogP contribution in [0.4, 0.5) is 5.82 Å². The monoisotopic (exact) mass is 321 g/mol. The lowest BCUT2D eigenvalue weighted by molar-refractivity contribution is 0.102. The van der Waals surface area contributed by atoms with E-state index in [1.807, 2.05) is 19.2 Å². The van der Waals surface area contributed by atoms with Crippen LogP contribution in [0.15, 0.2) is 36.9 Å². The third-order valence-corrected chi connectivity index (χ3v) is 4.49. The highest BCUT2D eigenvalue weighted by Gasteiger charge is 2.34. The largest absolute Gasteiger partial charge is 0.364 e. The van der Waals surface area contributed by atoms with Gasteiger partial charge in [0.25, 0.3) is 5.91 Å². The summed E-state index contributed by atoms with van der Waals surface area (Å²) < 4.78 is 2.13. The zero-order chi connectivity index (χ0) is 16.9. The standard InChI is InChI=1S/C18H19N5O/c1-11-4-5-14(21-9-11)22-17(24)12-10-20-13-8-18(2,3)23-7-6-19-16(23)15(12)13/h4-7,9-10,20H,8H2,1-3H3,(H,21,22,24). The summed E-state index contributed by atoms with van der Waals surface area (Å²) in [6, 6.07) is 3.72. The molecule has 122 valence electrons. The van der Waals surface area contributed by atoms with Crippen molar-refractivity contribution in [2.24, 2.45) is 0 Å². The Bertz CT molecular complexity index is 917. The molecule has 24 heavy (non-hydrogen) atoms. The Morgan fingerprint density at radius 3 is 2.92 bits per heavy atom. The van der Waals surface area contributed by atoms with E-state index in [4.69, 9.17) is 0 Å². The predicted molar refractivity (Wildman–Crippen MR) is 92.0 cm³/mol. The van der Waals surface area contributed by atoms with Crippen molar-refractivity contribution < 1.29 is 4.79 Å². The highest BCUT2D eigenvalue weighted by atomic mass is 16.1. The van der Waals surface area contributed by atoms with Crippen LogP contribution in [-0.4, -0.2) is 25.4 Å². The van der Waals surface area contributed by atoms with E-state index in [0.717, 1.165) is 29.1 Å². The van der Waals surface area contributed by atoms with Gasteiger partial charge in [0, 0.05) is 42.4 Å². The second-order valence-electron chi connectivity index (χ2n) is 6.84. The van der Waals surface area contributed by atoms with E-state index >= 15 is 0 Å². The number of anilines is 1. The number of rotatable bonds is 2. The summed E-state index contributed by atoms with van der Waals surface area (Å²) in [6.45, 7) is 6.29. The van der Waals surface area contributed by atoms with Gasteiger partial charge in [-0.15, -0.1) is 0 Å². The van der Waals surface area contributed by atoms with E-state index < -0.39 is 0 Å². The average Bonchev–Trinajstić information content (AvgIpc) is 3.15. The number of pyridine rings is 1. The Balaban J connectivity index is 1.72. The number of imidazole rings is 1. The molecule has 1 aliphatic rings. The van der Waals surface area contributed by atoms with Crippen LogP contribution in [0.3, 0.4) is 0 Å². The van der Waals surface area contributed by atoms with Gasteiger partial charge < -0.3 is 14.9 Å². The van der Waals surface area contributed by atoms with Gasteiger partial charge in [-0.05, 0) is 32.4 Å². The zero-order valence-electron chi connectivity index (χ0n) is 13.9. The number of amides is 1. The van der Waals surface area contributed by atoms with E-state index in [2.05, 4.69) is 38.7 Å². The fourth-order valence-corrected chi connectivity index (χ4v) is 3.26. The predicted octanol–water partition coefficient (Wildman–Crippen LogP) is 3.13. The molecule has 0 unspecified atom stereocenters. The summed E-state index contributed by atoms with van der Waals surface area (Å²) in [5.41, 5.74) is 3.49. The molecule has 0 fully saturated rings. The van der Waals surface area contributed by atoms with Crippen LogP contribution in [0.5, 0.6) is 0 Å². The van der Waals surface area contributed by atoms with Gasteiger partial charge in [-0.2, -0.15) is 0 Å². The van der Waals surface area contributed by atoms with Gasteiger partial charge >= 0.3 is 0 Å². The Morgan fingerprint density at radius 2 is 2.17 bits per heavy atom. The Morgan fingerprint density at radius 1 is 1.33 bits per heavy atom. The van der Waals surface area contributed by atoms with E-state index in [9.17, 15) is 4.79 Å². The number of fused-ring (bicyclic) bond motifs is 3. The molecule has 0 spiro atoms. The Kier molecular flexibility index (Phi) is 3.09. The van der Waals surface area contributed by atoms with Crippen LogP contribution in [0.1, 0.15) is 35.5 Å². The molecule has 1 amide bonds. The maximum atomic E-state index is 12.7. The first-order chi connectivity index (χ1) is 11.5. The first-order valence-corrected chi connectivity index (χ1v) is 7.94. The smallest absolute Gasteiger partial charge is 0.259 e. The Hall–Kier alpha value is -2.89. The fourth-order valence-electron chi connectivity index (χ4n) is 3.26. The molecule has 4 rings (SSSR count). The maximum absolute atomic E-state index is 12.7. The molecule has 3 aromatic rings. The van der Waals surface area contributed by atoms with Crippen LogP contribution < -0.4 is 5.32 Å². The number of hydrogen-bond acceptors (Lipinski definition) is 3. The summed E-state index contributed by atoms with van der Waals surface area (Å²) in [5.74, 6) is 1.18. The van der Waals surface area contributed by atoms with Gasteiger partial charge in [0.15, 0.2) is 0 Å². The van der Waals surface area contributed by atoms with Crippen LogP contribution in [0, 0.1) is 6.92 Å². The summed E-state index contributed by atoms with van der Waals surface area (Å²) in [7, 11) is 0. The van der Waals surface area contributed by atoms with Gasteiger partial charge in [0.2, 0.25) is 0 Å². The van der Waals surface area contributed by atoms with Crippen LogP contribution in [0.2, 0.25) is 0 Å². The molecule has 0 radical (unpaired) electrons. The van der Waals surface area contributed by atoms with Crippen molar-refractivity contribution in [1.82, 2.24) is 19.5 Å². The number of aryl methyl sites for hydroxylation is 1. The van der Waals surface area contributed by atoms with Crippen LogP contribution in [0.25, 0.3) is 11.4 Å². The van der Waals surface area contributed by atoms with E-state index in [0.29, 0.717) is 11.4 Å². The molecule has 3 aromatic heterocycles. The van der Waals surface area contributed by atoms with E-state index in [1.165, 1.54) is 0 Å². The van der Waals surface area contributed by atoms with Gasteiger partial charge in [0.1, 0.15) is 11.6 Å². The van der Waals surface area contributed by atoms with Crippen molar-refractivity contribution in [3.05, 3.63) is 53.7 Å². The zero-order valence-corrected chi connectivity index (χ0v) is 13.9.